The van der Waals surface area contributed by atoms with E-state index in [1.807, 2.05) is 12.1 Å². The van der Waals surface area contributed by atoms with Gasteiger partial charge >= 0.3 is 5.97 Å². The Morgan fingerprint density at radius 3 is 2.69 bits per heavy atom. The highest BCUT2D eigenvalue weighted by Crippen LogP contribution is 2.28. The number of ether oxygens (including phenoxy) is 1. The Kier molecular flexibility index (Phi) is 3.62. The van der Waals surface area contributed by atoms with Gasteiger partial charge in [0.2, 0.25) is 0 Å². The summed E-state index contributed by atoms with van der Waals surface area (Å²) in [6, 6.07) is 7.29. The molecule has 2 nitrogen and oxygen atoms in total. The molecule has 0 unspecified atom stereocenters. The summed E-state index contributed by atoms with van der Waals surface area (Å²) in [5, 5.41) is 0.688. The van der Waals surface area contributed by atoms with Gasteiger partial charge in [0.05, 0.1) is 6.61 Å². The molecule has 0 amide bonds. The third-order valence-electron chi connectivity index (χ3n) is 2.44. The van der Waals surface area contributed by atoms with Gasteiger partial charge in [-0.05, 0) is 42.5 Å². The quantitative estimate of drug-likeness (QED) is 0.592. The lowest BCUT2D eigenvalue weighted by molar-refractivity contribution is -0.138. The van der Waals surface area contributed by atoms with Crippen LogP contribution in [0.3, 0.4) is 0 Å². The molecular weight excluding hydrogens is 224 g/mol. The number of esters is 1. The van der Waals surface area contributed by atoms with Crippen LogP contribution in [0, 0.1) is 5.92 Å². The summed E-state index contributed by atoms with van der Waals surface area (Å²) >= 11 is 5.75. The normalized spacial score (nSPS) is 15.3. The first-order valence-electron chi connectivity index (χ1n) is 5.34. The molecule has 0 atom stereocenters. The molecule has 2 rings (SSSR count). The second-order valence-corrected chi connectivity index (χ2v) is 4.39. The molecule has 0 aliphatic heterocycles. The molecule has 0 bridgehead atoms. The highest BCUT2D eigenvalue weighted by Gasteiger charge is 2.22. The number of carbonyl (C=O) groups is 1. The van der Waals surface area contributed by atoms with E-state index < -0.39 is 0 Å². The highest BCUT2D eigenvalue weighted by atomic mass is 35.5. The molecule has 1 aromatic carbocycles. The van der Waals surface area contributed by atoms with Crippen molar-refractivity contribution in [3.8, 4) is 0 Å². The van der Waals surface area contributed by atoms with Crippen LogP contribution in [-0.2, 0) is 9.53 Å². The van der Waals surface area contributed by atoms with E-state index in [-0.39, 0.29) is 5.97 Å². The van der Waals surface area contributed by atoms with Crippen molar-refractivity contribution in [3.63, 3.8) is 0 Å². The van der Waals surface area contributed by atoms with Crippen molar-refractivity contribution < 1.29 is 9.53 Å². The Balaban J connectivity index is 1.82. The van der Waals surface area contributed by atoms with Gasteiger partial charge < -0.3 is 4.74 Å². The maximum absolute atomic E-state index is 11.3. The molecule has 1 saturated carbocycles. The average Bonchev–Trinajstić information content (AvgIpc) is 3.09. The summed E-state index contributed by atoms with van der Waals surface area (Å²) in [6.07, 6.45) is 5.56. The Hall–Kier alpha value is -1.28. The third kappa shape index (κ3) is 3.70. The summed E-state index contributed by atoms with van der Waals surface area (Å²) in [4.78, 5) is 11.3. The van der Waals surface area contributed by atoms with E-state index in [0.717, 1.165) is 5.56 Å². The van der Waals surface area contributed by atoms with Crippen molar-refractivity contribution in [2.24, 2.45) is 5.92 Å². The van der Waals surface area contributed by atoms with Crippen LogP contribution in [0.4, 0.5) is 0 Å². The van der Waals surface area contributed by atoms with E-state index in [2.05, 4.69) is 0 Å². The van der Waals surface area contributed by atoms with E-state index >= 15 is 0 Å². The van der Waals surface area contributed by atoms with E-state index in [0.29, 0.717) is 17.5 Å². The van der Waals surface area contributed by atoms with Crippen molar-refractivity contribution in [3.05, 3.63) is 40.9 Å². The molecule has 1 aliphatic rings. The first-order valence-corrected chi connectivity index (χ1v) is 5.72. The van der Waals surface area contributed by atoms with Crippen molar-refractivity contribution in [1.82, 2.24) is 0 Å². The van der Waals surface area contributed by atoms with Crippen LogP contribution in [0.1, 0.15) is 18.4 Å². The summed E-state index contributed by atoms with van der Waals surface area (Å²) in [5.41, 5.74) is 0.938. The standard InChI is InChI=1S/C13H13ClO2/c14-12-6-3-10(4-7-12)5-8-13(15)16-9-11-1-2-11/h3-8,11H,1-2,9H2. The molecule has 0 N–H and O–H groups in total. The van der Waals surface area contributed by atoms with E-state index in [1.165, 1.54) is 18.9 Å². The molecule has 16 heavy (non-hydrogen) atoms. The van der Waals surface area contributed by atoms with E-state index in [4.69, 9.17) is 16.3 Å². The summed E-state index contributed by atoms with van der Waals surface area (Å²) in [5.74, 6) is 0.328. The molecular formula is C13H13ClO2. The minimum Gasteiger partial charge on any atom is -0.462 e. The van der Waals surface area contributed by atoms with Gasteiger partial charge in [-0.3, -0.25) is 0 Å². The highest BCUT2D eigenvalue weighted by molar-refractivity contribution is 6.30. The lowest BCUT2D eigenvalue weighted by Crippen LogP contribution is -2.03. The predicted octanol–water partition coefficient (Wildman–Crippen LogP) is 3.31. The molecule has 0 aromatic heterocycles. The average molecular weight is 237 g/mol. The van der Waals surface area contributed by atoms with Crippen LogP contribution < -0.4 is 0 Å². The third-order valence-corrected chi connectivity index (χ3v) is 2.69. The zero-order valence-corrected chi connectivity index (χ0v) is 9.61. The second-order valence-electron chi connectivity index (χ2n) is 3.96. The largest absolute Gasteiger partial charge is 0.462 e. The van der Waals surface area contributed by atoms with Crippen molar-refractivity contribution in [1.29, 1.82) is 0 Å². The summed E-state index contributed by atoms with van der Waals surface area (Å²) < 4.78 is 5.06. The van der Waals surface area contributed by atoms with Gasteiger partial charge in [-0.15, -0.1) is 0 Å². The molecule has 0 heterocycles. The van der Waals surface area contributed by atoms with Gasteiger partial charge in [-0.2, -0.15) is 0 Å². The lowest BCUT2D eigenvalue weighted by Gasteiger charge is -1.98. The smallest absolute Gasteiger partial charge is 0.330 e. The fourth-order valence-electron chi connectivity index (χ4n) is 1.27. The Bertz CT molecular complexity index is 391. The van der Waals surface area contributed by atoms with Gasteiger partial charge in [-0.25, -0.2) is 4.79 Å². The number of hydrogen-bond acceptors (Lipinski definition) is 2. The first kappa shape index (κ1) is 11.2. The van der Waals surface area contributed by atoms with Crippen molar-refractivity contribution in [2.45, 2.75) is 12.8 Å². The molecule has 3 heteroatoms. The number of halogens is 1. The molecule has 0 saturated heterocycles. The Morgan fingerprint density at radius 1 is 1.38 bits per heavy atom. The topological polar surface area (TPSA) is 26.3 Å². The van der Waals surface area contributed by atoms with Crippen LogP contribution in [0.25, 0.3) is 6.08 Å². The van der Waals surface area contributed by atoms with Crippen LogP contribution in [0.2, 0.25) is 5.02 Å². The van der Waals surface area contributed by atoms with Crippen LogP contribution >= 0.6 is 11.6 Å². The second kappa shape index (κ2) is 5.17. The molecule has 84 valence electrons. The first-order chi connectivity index (χ1) is 7.74. The summed E-state index contributed by atoms with van der Waals surface area (Å²) in [6.45, 7) is 0.559. The van der Waals surface area contributed by atoms with Crippen LogP contribution in [-0.4, -0.2) is 12.6 Å². The fraction of sp³-hybridized carbons (Fsp3) is 0.308. The maximum atomic E-state index is 11.3. The minimum atomic E-state index is -0.276. The van der Waals surface area contributed by atoms with Gasteiger partial charge in [0.15, 0.2) is 0 Å². The zero-order chi connectivity index (χ0) is 11.4. The van der Waals surface area contributed by atoms with E-state index in [9.17, 15) is 4.79 Å². The van der Waals surface area contributed by atoms with Gasteiger partial charge in [0.1, 0.15) is 0 Å². The molecule has 0 radical (unpaired) electrons. The van der Waals surface area contributed by atoms with Crippen molar-refractivity contribution in [2.75, 3.05) is 6.61 Å². The molecule has 1 aliphatic carbocycles. The number of carbonyl (C=O) groups excluding carboxylic acids is 1. The lowest BCUT2D eigenvalue weighted by atomic mass is 10.2. The summed E-state index contributed by atoms with van der Waals surface area (Å²) in [7, 11) is 0. The minimum absolute atomic E-state index is 0.276. The van der Waals surface area contributed by atoms with Gasteiger partial charge in [0, 0.05) is 11.1 Å². The van der Waals surface area contributed by atoms with E-state index in [1.54, 1.807) is 18.2 Å². The van der Waals surface area contributed by atoms with Gasteiger partial charge in [-0.1, -0.05) is 23.7 Å². The number of benzene rings is 1. The Morgan fingerprint density at radius 2 is 2.06 bits per heavy atom. The fourth-order valence-corrected chi connectivity index (χ4v) is 1.40. The van der Waals surface area contributed by atoms with Crippen LogP contribution in [0.5, 0.6) is 0 Å². The van der Waals surface area contributed by atoms with Gasteiger partial charge in [0.25, 0.3) is 0 Å². The SMILES string of the molecule is O=C(C=Cc1ccc(Cl)cc1)OCC1CC1. The zero-order valence-electron chi connectivity index (χ0n) is 8.86. The molecule has 1 fully saturated rings. The molecule has 0 spiro atoms. The number of hydrogen-bond donors (Lipinski definition) is 0. The number of rotatable bonds is 4. The van der Waals surface area contributed by atoms with Crippen LogP contribution in [0.15, 0.2) is 30.3 Å². The maximum Gasteiger partial charge on any atom is 0.330 e. The van der Waals surface area contributed by atoms with Crippen molar-refractivity contribution >= 4 is 23.6 Å². The monoisotopic (exact) mass is 236 g/mol. The Labute approximate surface area is 99.9 Å². The molecule has 1 aromatic rings. The predicted molar refractivity (Wildman–Crippen MR) is 64.2 cm³/mol.